The van der Waals surface area contributed by atoms with Gasteiger partial charge in [-0.15, -0.1) is 0 Å². The normalized spacial score (nSPS) is 15.9. The Morgan fingerprint density at radius 2 is 1.86 bits per heavy atom. The average Bonchev–Trinajstić information content (AvgIpc) is 2.47. The Morgan fingerprint density at radius 1 is 1.19 bits per heavy atom. The van der Waals surface area contributed by atoms with Gasteiger partial charge in [0, 0.05) is 38.2 Å². The van der Waals surface area contributed by atoms with Crippen LogP contribution in [0.1, 0.15) is 10.4 Å². The molecule has 5 nitrogen and oxygen atoms in total. The van der Waals surface area contributed by atoms with E-state index in [-0.39, 0.29) is 11.8 Å². The maximum absolute atomic E-state index is 12.4. The molecule has 0 bridgehead atoms. The molecule has 0 unspecified atom stereocenters. The van der Waals surface area contributed by atoms with Gasteiger partial charge in [0.05, 0.1) is 17.1 Å². The van der Waals surface area contributed by atoms with Crippen molar-refractivity contribution in [3.63, 3.8) is 0 Å². The number of carbonyl (C=O) groups is 2. The van der Waals surface area contributed by atoms with E-state index < -0.39 is 0 Å². The fourth-order valence-electron chi connectivity index (χ4n) is 2.22. The molecule has 2 rings (SSSR count). The highest BCUT2D eigenvalue weighted by Crippen LogP contribution is 2.22. The quantitative estimate of drug-likeness (QED) is 0.914. The van der Waals surface area contributed by atoms with E-state index in [1.165, 1.54) is 0 Å². The highest BCUT2D eigenvalue weighted by atomic mass is 35.5. The first-order valence-corrected chi connectivity index (χ1v) is 7.44. The Balaban J connectivity index is 1.95. The number of rotatable bonds is 3. The van der Waals surface area contributed by atoms with Crippen molar-refractivity contribution in [3.05, 3.63) is 33.8 Å². The summed E-state index contributed by atoms with van der Waals surface area (Å²) in [5.41, 5.74) is 0.459. The van der Waals surface area contributed by atoms with E-state index in [4.69, 9.17) is 23.2 Å². The molecule has 0 spiro atoms. The summed E-state index contributed by atoms with van der Waals surface area (Å²) in [5, 5.41) is 3.46. The van der Waals surface area contributed by atoms with Crippen LogP contribution >= 0.6 is 23.2 Å². The molecule has 2 amide bonds. The van der Waals surface area contributed by atoms with Crippen LogP contribution in [-0.4, -0.2) is 61.4 Å². The zero-order valence-electron chi connectivity index (χ0n) is 11.7. The molecule has 1 aliphatic rings. The number of halogens is 2. The number of benzene rings is 1. The summed E-state index contributed by atoms with van der Waals surface area (Å²) in [6, 6.07) is 4.87. The molecule has 0 atom stereocenters. The van der Waals surface area contributed by atoms with E-state index in [9.17, 15) is 9.59 Å². The average molecular weight is 330 g/mol. The summed E-state index contributed by atoms with van der Waals surface area (Å²) in [6.07, 6.45) is 0. The number of amides is 2. The molecule has 1 N–H and O–H groups in total. The van der Waals surface area contributed by atoms with Gasteiger partial charge in [-0.25, -0.2) is 0 Å². The predicted octanol–water partition coefficient (Wildman–Crippen LogP) is 1.50. The molecule has 0 saturated carbocycles. The molecule has 1 aromatic carbocycles. The number of hydrogen-bond acceptors (Lipinski definition) is 3. The van der Waals surface area contributed by atoms with Gasteiger partial charge in [-0.05, 0) is 18.2 Å². The van der Waals surface area contributed by atoms with Gasteiger partial charge in [0.25, 0.3) is 5.91 Å². The Kier molecular flexibility index (Phi) is 5.45. The van der Waals surface area contributed by atoms with Crippen molar-refractivity contribution in [2.75, 3.05) is 39.8 Å². The van der Waals surface area contributed by atoms with Crippen LogP contribution in [0.25, 0.3) is 0 Å². The van der Waals surface area contributed by atoms with E-state index in [0.717, 1.165) is 0 Å². The number of hydrogen-bond donors (Lipinski definition) is 1. The zero-order valence-corrected chi connectivity index (χ0v) is 13.2. The maximum atomic E-state index is 12.4. The topological polar surface area (TPSA) is 52.7 Å². The lowest BCUT2D eigenvalue weighted by atomic mass is 10.2. The predicted molar refractivity (Wildman–Crippen MR) is 82.9 cm³/mol. The molecular formula is C14H17Cl2N3O2. The number of nitrogens with zero attached hydrogens (tertiary/aromatic N) is 2. The van der Waals surface area contributed by atoms with Gasteiger partial charge in [0.15, 0.2) is 0 Å². The lowest BCUT2D eigenvalue weighted by Gasteiger charge is -2.34. The fourth-order valence-corrected chi connectivity index (χ4v) is 2.71. The van der Waals surface area contributed by atoms with Crippen molar-refractivity contribution in [1.82, 2.24) is 15.1 Å². The van der Waals surface area contributed by atoms with Crippen LogP contribution in [0, 0.1) is 0 Å². The monoisotopic (exact) mass is 329 g/mol. The van der Waals surface area contributed by atoms with Crippen molar-refractivity contribution in [1.29, 1.82) is 0 Å². The van der Waals surface area contributed by atoms with Crippen LogP contribution in [0.3, 0.4) is 0 Å². The second kappa shape index (κ2) is 7.11. The third-order valence-corrected chi connectivity index (χ3v) is 4.01. The van der Waals surface area contributed by atoms with Crippen LogP contribution in [-0.2, 0) is 4.79 Å². The molecule has 0 radical (unpaired) electrons. The minimum Gasteiger partial charge on any atom is -0.358 e. The summed E-state index contributed by atoms with van der Waals surface area (Å²) >= 11 is 11.9. The minimum atomic E-state index is -0.101. The van der Waals surface area contributed by atoms with Crippen LogP contribution in [0.5, 0.6) is 0 Å². The molecule has 1 aliphatic heterocycles. The smallest absolute Gasteiger partial charge is 0.255 e. The Hall–Kier alpha value is -1.30. The first kappa shape index (κ1) is 16.1. The lowest BCUT2D eigenvalue weighted by molar-refractivity contribution is -0.122. The number of likely N-dealkylation sites (N-methyl/N-ethyl adjacent to an activating group) is 1. The zero-order chi connectivity index (χ0) is 15.4. The number of carbonyl (C=O) groups excluding carboxylic acids is 2. The Bertz CT molecular complexity index is 543. The van der Waals surface area contributed by atoms with E-state index in [1.807, 2.05) is 4.90 Å². The molecule has 1 fully saturated rings. The SMILES string of the molecule is CNC(=O)CN1CCN(C(=O)c2ccc(Cl)cc2Cl)CC1. The summed E-state index contributed by atoms with van der Waals surface area (Å²) in [7, 11) is 1.62. The van der Waals surface area contributed by atoms with Gasteiger partial charge in [-0.1, -0.05) is 23.2 Å². The van der Waals surface area contributed by atoms with Gasteiger partial charge in [0.2, 0.25) is 5.91 Å². The second-order valence-corrected chi connectivity index (χ2v) is 5.71. The number of piperazine rings is 1. The third kappa shape index (κ3) is 4.09. The van der Waals surface area contributed by atoms with Crippen molar-refractivity contribution < 1.29 is 9.59 Å². The highest BCUT2D eigenvalue weighted by molar-refractivity contribution is 6.36. The van der Waals surface area contributed by atoms with Crippen molar-refractivity contribution >= 4 is 35.0 Å². The molecule has 1 saturated heterocycles. The Labute approximate surface area is 133 Å². The van der Waals surface area contributed by atoms with Crippen molar-refractivity contribution in [3.8, 4) is 0 Å². The summed E-state index contributed by atoms with van der Waals surface area (Å²) in [6.45, 7) is 2.86. The number of nitrogens with one attached hydrogen (secondary N) is 1. The molecule has 114 valence electrons. The van der Waals surface area contributed by atoms with E-state index in [0.29, 0.717) is 48.3 Å². The summed E-state index contributed by atoms with van der Waals surface area (Å²) < 4.78 is 0. The van der Waals surface area contributed by atoms with E-state index in [1.54, 1.807) is 30.1 Å². The van der Waals surface area contributed by atoms with E-state index >= 15 is 0 Å². The Morgan fingerprint density at radius 3 is 2.43 bits per heavy atom. The fraction of sp³-hybridized carbons (Fsp3) is 0.429. The highest BCUT2D eigenvalue weighted by Gasteiger charge is 2.24. The summed E-state index contributed by atoms with van der Waals surface area (Å²) in [5.74, 6) is -0.119. The molecule has 0 aliphatic carbocycles. The molecule has 1 aromatic rings. The third-order valence-electron chi connectivity index (χ3n) is 3.47. The van der Waals surface area contributed by atoms with Crippen LogP contribution in [0.15, 0.2) is 18.2 Å². The van der Waals surface area contributed by atoms with E-state index in [2.05, 4.69) is 5.32 Å². The summed E-state index contributed by atoms with van der Waals surface area (Å²) in [4.78, 5) is 27.5. The first-order chi connectivity index (χ1) is 10.0. The van der Waals surface area contributed by atoms with Crippen LogP contribution in [0.4, 0.5) is 0 Å². The van der Waals surface area contributed by atoms with Gasteiger partial charge in [0.1, 0.15) is 0 Å². The van der Waals surface area contributed by atoms with Crippen LogP contribution in [0.2, 0.25) is 10.0 Å². The van der Waals surface area contributed by atoms with Gasteiger partial charge in [-0.3, -0.25) is 14.5 Å². The van der Waals surface area contributed by atoms with Crippen molar-refractivity contribution in [2.45, 2.75) is 0 Å². The molecule has 1 heterocycles. The minimum absolute atomic E-state index is 0.0180. The molecule has 21 heavy (non-hydrogen) atoms. The maximum Gasteiger partial charge on any atom is 0.255 e. The van der Waals surface area contributed by atoms with Crippen LogP contribution < -0.4 is 5.32 Å². The second-order valence-electron chi connectivity index (χ2n) is 4.87. The molecule has 7 heteroatoms. The first-order valence-electron chi connectivity index (χ1n) is 6.68. The standard InChI is InChI=1S/C14H17Cl2N3O2/c1-17-13(20)9-18-4-6-19(7-5-18)14(21)11-3-2-10(15)8-12(11)16/h2-3,8H,4-7,9H2,1H3,(H,17,20). The largest absolute Gasteiger partial charge is 0.358 e. The van der Waals surface area contributed by atoms with Crippen molar-refractivity contribution in [2.24, 2.45) is 0 Å². The lowest BCUT2D eigenvalue weighted by Crippen LogP contribution is -2.50. The van der Waals surface area contributed by atoms with Gasteiger partial charge in [-0.2, -0.15) is 0 Å². The molecule has 0 aromatic heterocycles. The molecular weight excluding hydrogens is 313 g/mol. The van der Waals surface area contributed by atoms with Gasteiger partial charge >= 0.3 is 0 Å². The van der Waals surface area contributed by atoms with Gasteiger partial charge < -0.3 is 10.2 Å².